The van der Waals surface area contributed by atoms with Crippen molar-refractivity contribution in [1.82, 2.24) is 14.8 Å². The number of halogens is 1. The van der Waals surface area contributed by atoms with Gasteiger partial charge in [-0.2, -0.15) is 9.78 Å². The Bertz CT molecular complexity index is 730. The maximum atomic E-state index is 12.9. The number of rotatable bonds is 2. The molecule has 2 heterocycles. The highest BCUT2D eigenvalue weighted by molar-refractivity contribution is 5.30. The maximum Gasteiger partial charge on any atom is 0.349 e. The van der Waals surface area contributed by atoms with Crippen molar-refractivity contribution in [2.45, 2.75) is 18.9 Å². The molecular weight excluding hydrogens is 265 g/mol. The summed E-state index contributed by atoms with van der Waals surface area (Å²) in [4.78, 5) is 25.8. The predicted molar refractivity (Wildman–Crippen MR) is 68.3 cm³/mol. The average molecular weight is 277 g/mol. The molecule has 0 saturated carbocycles. The van der Waals surface area contributed by atoms with E-state index in [1.165, 1.54) is 24.3 Å². The maximum absolute atomic E-state index is 12.9. The standard InChI is InChI=1S/C13H12FN3O3/c14-8-3-5-9(6-4-8)17-13(19)15-12(18)11(16-17)10-2-1-7-20-10/h3-6,10H,1-2,7H2,(H,15,18,19). The first-order valence-electron chi connectivity index (χ1n) is 6.26. The van der Waals surface area contributed by atoms with Crippen molar-refractivity contribution in [3.63, 3.8) is 0 Å². The van der Waals surface area contributed by atoms with Crippen molar-refractivity contribution in [3.8, 4) is 5.69 Å². The minimum atomic E-state index is -0.664. The molecule has 1 aliphatic rings. The average Bonchev–Trinajstić information content (AvgIpc) is 2.94. The lowest BCUT2D eigenvalue weighted by Gasteiger charge is -2.10. The summed E-state index contributed by atoms with van der Waals surface area (Å²) >= 11 is 0. The molecule has 20 heavy (non-hydrogen) atoms. The SMILES string of the molecule is O=c1[nH]c(=O)n(-c2ccc(F)cc2)nc1C1CCCO1. The smallest absolute Gasteiger partial charge is 0.349 e. The molecule has 1 N–H and O–H groups in total. The van der Waals surface area contributed by atoms with E-state index in [0.29, 0.717) is 18.7 Å². The van der Waals surface area contributed by atoms with Gasteiger partial charge in [-0.15, -0.1) is 0 Å². The largest absolute Gasteiger partial charge is 0.372 e. The van der Waals surface area contributed by atoms with Crippen molar-refractivity contribution in [1.29, 1.82) is 0 Å². The number of ether oxygens (including phenoxy) is 1. The number of nitrogens with one attached hydrogen (secondary N) is 1. The molecule has 1 unspecified atom stereocenters. The van der Waals surface area contributed by atoms with Crippen LogP contribution in [-0.4, -0.2) is 21.4 Å². The van der Waals surface area contributed by atoms with E-state index >= 15 is 0 Å². The van der Waals surface area contributed by atoms with Crippen LogP contribution in [0.5, 0.6) is 0 Å². The number of nitrogens with zero attached hydrogens (tertiary/aromatic N) is 2. The first-order valence-corrected chi connectivity index (χ1v) is 6.26. The van der Waals surface area contributed by atoms with Gasteiger partial charge in [-0.25, -0.2) is 9.18 Å². The van der Waals surface area contributed by atoms with Crippen LogP contribution >= 0.6 is 0 Å². The fraction of sp³-hybridized carbons (Fsp3) is 0.308. The van der Waals surface area contributed by atoms with Gasteiger partial charge in [0.1, 0.15) is 11.9 Å². The van der Waals surface area contributed by atoms with Crippen LogP contribution in [0.4, 0.5) is 4.39 Å². The lowest BCUT2D eigenvalue weighted by Crippen LogP contribution is -2.35. The molecule has 0 amide bonds. The molecule has 104 valence electrons. The number of aromatic amines is 1. The van der Waals surface area contributed by atoms with Gasteiger partial charge in [0.15, 0.2) is 5.69 Å². The molecule has 3 rings (SSSR count). The summed E-state index contributed by atoms with van der Waals surface area (Å²) < 4.78 is 19.4. The molecule has 0 spiro atoms. The van der Waals surface area contributed by atoms with E-state index < -0.39 is 23.2 Å². The molecule has 2 aromatic rings. The Morgan fingerprint density at radius 2 is 2.05 bits per heavy atom. The van der Waals surface area contributed by atoms with E-state index in [0.717, 1.165) is 11.1 Å². The summed E-state index contributed by atoms with van der Waals surface area (Å²) in [6, 6.07) is 5.28. The number of aromatic nitrogens is 3. The lowest BCUT2D eigenvalue weighted by molar-refractivity contribution is 0.106. The summed E-state index contributed by atoms with van der Waals surface area (Å²) in [5, 5.41) is 4.07. The highest BCUT2D eigenvalue weighted by Crippen LogP contribution is 2.24. The summed E-state index contributed by atoms with van der Waals surface area (Å²) in [6.45, 7) is 0.571. The predicted octanol–water partition coefficient (Wildman–Crippen LogP) is 0.911. The number of benzene rings is 1. The van der Waals surface area contributed by atoms with Gasteiger partial charge in [0.25, 0.3) is 5.56 Å². The quantitative estimate of drug-likeness (QED) is 0.885. The molecular formula is C13H12FN3O3. The Labute approximate surface area is 112 Å². The van der Waals surface area contributed by atoms with Crippen LogP contribution < -0.4 is 11.2 Å². The Morgan fingerprint density at radius 3 is 2.70 bits per heavy atom. The zero-order chi connectivity index (χ0) is 14.1. The van der Waals surface area contributed by atoms with Crippen molar-refractivity contribution in [3.05, 3.63) is 56.6 Å². The van der Waals surface area contributed by atoms with Gasteiger partial charge < -0.3 is 4.74 Å². The third-order valence-electron chi connectivity index (χ3n) is 3.16. The Hall–Kier alpha value is -2.28. The summed E-state index contributed by atoms with van der Waals surface area (Å²) in [5.74, 6) is -0.412. The monoisotopic (exact) mass is 277 g/mol. The van der Waals surface area contributed by atoms with Gasteiger partial charge in [0.05, 0.1) is 5.69 Å². The van der Waals surface area contributed by atoms with Crippen LogP contribution in [-0.2, 0) is 4.74 Å². The van der Waals surface area contributed by atoms with E-state index in [2.05, 4.69) is 10.1 Å². The molecule has 0 radical (unpaired) electrons. The van der Waals surface area contributed by atoms with Crippen molar-refractivity contribution >= 4 is 0 Å². The highest BCUT2D eigenvalue weighted by atomic mass is 19.1. The molecule has 7 heteroatoms. The summed E-state index contributed by atoms with van der Waals surface area (Å²) in [6.07, 6.45) is 1.14. The zero-order valence-electron chi connectivity index (χ0n) is 10.5. The molecule has 1 atom stereocenters. The molecule has 1 aromatic carbocycles. The number of hydrogen-bond acceptors (Lipinski definition) is 4. The van der Waals surface area contributed by atoms with E-state index in [4.69, 9.17) is 4.74 Å². The van der Waals surface area contributed by atoms with Crippen molar-refractivity contribution < 1.29 is 9.13 Å². The topological polar surface area (TPSA) is 77.0 Å². The van der Waals surface area contributed by atoms with Crippen LogP contribution in [0, 0.1) is 5.82 Å². The van der Waals surface area contributed by atoms with Gasteiger partial charge in [0, 0.05) is 6.61 Å². The van der Waals surface area contributed by atoms with Gasteiger partial charge in [0.2, 0.25) is 0 Å². The van der Waals surface area contributed by atoms with Gasteiger partial charge in [-0.3, -0.25) is 9.78 Å². The van der Waals surface area contributed by atoms with Gasteiger partial charge in [-0.05, 0) is 37.1 Å². The first kappa shape index (κ1) is 12.7. The Morgan fingerprint density at radius 1 is 1.30 bits per heavy atom. The Balaban J connectivity index is 2.11. The third kappa shape index (κ3) is 2.27. The van der Waals surface area contributed by atoms with Crippen LogP contribution in [0.15, 0.2) is 33.9 Å². The Kier molecular flexibility index (Phi) is 3.19. The molecule has 0 bridgehead atoms. The van der Waals surface area contributed by atoms with Crippen molar-refractivity contribution in [2.24, 2.45) is 0 Å². The van der Waals surface area contributed by atoms with Gasteiger partial charge >= 0.3 is 5.69 Å². The summed E-state index contributed by atoms with van der Waals surface area (Å²) in [7, 11) is 0. The van der Waals surface area contributed by atoms with E-state index in [-0.39, 0.29) is 5.69 Å². The molecule has 1 fully saturated rings. The van der Waals surface area contributed by atoms with E-state index in [1.807, 2.05) is 0 Å². The second-order valence-electron chi connectivity index (χ2n) is 4.53. The fourth-order valence-corrected chi connectivity index (χ4v) is 2.17. The van der Waals surface area contributed by atoms with Crippen LogP contribution in [0.2, 0.25) is 0 Å². The number of H-pyrrole nitrogens is 1. The molecule has 0 aliphatic carbocycles. The first-order chi connectivity index (χ1) is 9.65. The summed E-state index contributed by atoms with van der Waals surface area (Å²) in [5.41, 5.74) is -0.651. The minimum Gasteiger partial charge on any atom is -0.372 e. The molecule has 1 saturated heterocycles. The second kappa shape index (κ2) is 5.01. The van der Waals surface area contributed by atoms with E-state index in [9.17, 15) is 14.0 Å². The van der Waals surface area contributed by atoms with Crippen molar-refractivity contribution in [2.75, 3.05) is 6.61 Å². The van der Waals surface area contributed by atoms with Crippen LogP contribution in [0.25, 0.3) is 5.69 Å². The van der Waals surface area contributed by atoms with Crippen LogP contribution in [0.1, 0.15) is 24.6 Å². The minimum absolute atomic E-state index is 0.173. The second-order valence-corrected chi connectivity index (χ2v) is 4.53. The van der Waals surface area contributed by atoms with Gasteiger partial charge in [-0.1, -0.05) is 0 Å². The molecule has 6 nitrogen and oxygen atoms in total. The fourth-order valence-electron chi connectivity index (χ4n) is 2.17. The zero-order valence-corrected chi connectivity index (χ0v) is 10.5. The normalized spacial score (nSPS) is 18.4. The molecule has 1 aliphatic heterocycles. The van der Waals surface area contributed by atoms with Crippen LogP contribution in [0.3, 0.4) is 0 Å². The molecule has 1 aromatic heterocycles. The van der Waals surface area contributed by atoms with E-state index in [1.54, 1.807) is 0 Å². The lowest BCUT2D eigenvalue weighted by atomic mass is 10.2. The number of hydrogen-bond donors (Lipinski definition) is 1. The highest BCUT2D eigenvalue weighted by Gasteiger charge is 2.23. The third-order valence-corrected chi connectivity index (χ3v) is 3.16.